The van der Waals surface area contributed by atoms with Gasteiger partial charge in [0.1, 0.15) is 0 Å². The smallest absolute Gasteiger partial charge is 0.0578 e. The van der Waals surface area contributed by atoms with Gasteiger partial charge in [-0.25, -0.2) is 0 Å². The molecule has 0 saturated heterocycles. The van der Waals surface area contributed by atoms with Crippen LogP contribution in [0.4, 0.5) is 11.4 Å². The molecule has 1 saturated carbocycles. The highest BCUT2D eigenvalue weighted by atomic mass is 79.9. The number of benzene rings is 1. The van der Waals surface area contributed by atoms with E-state index in [1.807, 2.05) is 18.2 Å². The Morgan fingerprint density at radius 1 is 1.33 bits per heavy atom. The van der Waals surface area contributed by atoms with E-state index >= 15 is 0 Å². The lowest BCUT2D eigenvalue weighted by Crippen LogP contribution is -2.31. The third-order valence-electron chi connectivity index (χ3n) is 3.16. The fourth-order valence-electron chi connectivity index (χ4n) is 2.25. The maximum Gasteiger partial charge on any atom is 0.0578 e. The predicted octanol–water partition coefficient (Wildman–Crippen LogP) is 3.78. The lowest BCUT2D eigenvalue weighted by Gasteiger charge is -2.27. The molecule has 0 radical (unpaired) electrons. The summed E-state index contributed by atoms with van der Waals surface area (Å²) in [6, 6.07) is 6.01. The Morgan fingerprint density at radius 3 is 2.60 bits per heavy atom. The van der Waals surface area contributed by atoms with E-state index < -0.39 is 0 Å². The summed E-state index contributed by atoms with van der Waals surface area (Å²) in [6.07, 6.45) is 5.12. The Labute approximate surface area is 99.4 Å². The van der Waals surface area contributed by atoms with Crippen LogP contribution in [0, 0.1) is 0 Å². The van der Waals surface area contributed by atoms with Crippen molar-refractivity contribution >= 4 is 27.3 Å². The number of halogens is 1. The summed E-state index contributed by atoms with van der Waals surface area (Å²) in [6.45, 7) is 2.28. The summed E-state index contributed by atoms with van der Waals surface area (Å²) in [7, 11) is 0. The molecule has 0 unspecified atom stereocenters. The molecule has 0 amide bonds. The van der Waals surface area contributed by atoms with Crippen LogP contribution in [0.5, 0.6) is 0 Å². The Morgan fingerprint density at radius 2 is 2.00 bits per heavy atom. The van der Waals surface area contributed by atoms with E-state index in [1.54, 1.807) is 0 Å². The van der Waals surface area contributed by atoms with E-state index in [9.17, 15) is 0 Å². The topological polar surface area (TPSA) is 38.0 Å². The van der Waals surface area contributed by atoms with Crippen molar-refractivity contribution in [3.05, 3.63) is 22.7 Å². The predicted molar refractivity (Wildman–Crippen MR) is 69.1 cm³/mol. The molecule has 1 aliphatic carbocycles. The molecule has 82 valence electrons. The maximum absolute atomic E-state index is 5.97. The Bertz CT molecular complexity index is 357. The van der Waals surface area contributed by atoms with Crippen LogP contribution in [0.25, 0.3) is 0 Å². The summed E-state index contributed by atoms with van der Waals surface area (Å²) in [5.41, 5.74) is 8.08. The van der Waals surface area contributed by atoms with E-state index in [1.165, 1.54) is 25.7 Å². The van der Waals surface area contributed by atoms with Gasteiger partial charge in [0.2, 0.25) is 0 Å². The number of nitrogens with one attached hydrogen (secondary N) is 1. The Kier molecular flexibility index (Phi) is 2.91. The van der Waals surface area contributed by atoms with Crippen molar-refractivity contribution in [3.8, 4) is 0 Å². The van der Waals surface area contributed by atoms with Gasteiger partial charge < -0.3 is 11.1 Å². The quantitative estimate of drug-likeness (QED) is 0.802. The molecule has 1 fully saturated rings. The summed E-state index contributed by atoms with van der Waals surface area (Å²) < 4.78 is 1.03. The SMILES string of the molecule is CC1(Nc2ccc(Br)cc2N)CCCC1. The first-order valence-electron chi connectivity index (χ1n) is 5.42. The maximum atomic E-state index is 5.97. The number of hydrogen-bond acceptors (Lipinski definition) is 2. The lowest BCUT2D eigenvalue weighted by atomic mass is 10.00. The van der Waals surface area contributed by atoms with Crippen LogP contribution in [0.1, 0.15) is 32.6 Å². The van der Waals surface area contributed by atoms with Crippen LogP contribution >= 0.6 is 15.9 Å². The van der Waals surface area contributed by atoms with E-state index in [2.05, 4.69) is 28.2 Å². The average Bonchev–Trinajstić information content (AvgIpc) is 2.58. The van der Waals surface area contributed by atoms with Crippen LogP contribution in [-0.4, -0.2) is 5.54 Å². The summed E-state index contributed by atoms with van der Waals surface area (Å²) >= 11 is 3.41. The molecular weight excluding hydrogens is 252 g/mol. The fourth-order valence-corrected chi connectivity index (χ4v) is 2.63. The molecule has 0 heterocycles. The largest absolute Gasteiger partial charge is 0.397 e. The zero-order chi connectivity index (χ0) is 10.9. The van der Waals surface area contributed by atoms with Crippen molar-refractivity contribution in [2.24, 2.45) is 0 Å². The van der Waals surface area contributed by atoms with Gasteiger partial charge in [-0.15, -0.1) is 0 Å². The Balaban J connectivity index is 2.16. The average molecular weight is 269 g/mol. The van der Waals surface area contributed by atoms with Crippen LogP contribution in [0.2, 0.25) is 0 Å². The first-order valence-corrected chi connectivity index (χ1v) is 6.22. The summed E-state index contributed by atoms with van der Waals surface area (Å²) in [5, 5.41) is 3.57. The van der Waals surface area contributed by atoms with Crippen LogP contribution in [-0.2, 0) is 0 Å². The molecule has 3 heteroatoms. The summed E-state index contributed by atoms with van der Waals surface area (Å²) in [5.74, 6) is 0. The molecule has 0 aliphatic heterocycles. The van der Waals surface area contributed by atoms with E-state index in [0.717, 1.165) is 15.8 Å². The number of rotatable bonds is 2. The van der Waals surface area contributed by atoms with Crippen molar-refractivity contribution < 1.29 is 0 Å². The monoisotopic (exact) mass is 268 g/mol. The zero-order valence-corrected chi connectivity index (χ0v) is 10.6. The molecule has 0 aromatic heterocycles. The molecule has 1 aromatic rings. The molecular formula is C12H17BrN2. The molecule has 1 aliphatic rings. The van der Waals surface area contributed by atoms with E-state index in [4.69, 9.17) is 5.73 Å². The minimum absolute atomic E-state index is 0.238. The van der Waals surface area contributed by atoms with Gasteiger partial charge in [-0.1, -0.05) is 28.8 Å². The molecule has 3 N–H and O–H groups in total. The van der Waals surface area contributed by atoms with Gasteiger partial charge in [-0.3, -0.25) is 0 Å². The third-order valence-corrected chi connectivity index (χ3v) is 3.65. The van der Waals surface area contributed by atoms with Crippen molar-refractivity contribution in [3.63, 3.8) is 0 Å². The fraction of sp³-hybridized carbons (Fsp3) is 0.500. The van der Waals surface area contributed by atoms with Crippen molar-refractivity contribution in [1.82, 2.24) is 0 Å². The standard InChI is InChI=1S/C12H17BrN2/c1-12(6-2-3-7-12)15-11-5-4-9(13)8-10(11)14/h4-5,8,15H,2-3,6-7,14H2,1H3. The normalized spacial score (nSPS) is 19.1. The lowest BCUT2D eigenvalue weighted by molar-refractivity contribution is 0.533. The van der Waals surface area contributed by atoms with Gasteiger partial charge in [-0.05, 0) is 38.0 Å². The molecule has 15 heavy (non-hydrogen) atoms. The number of nitrogens with two attached hydrogens (primary N) is 1. The van der Waals surface area contributed by atoms with Crippen LogP contribution in [0.3, 0.4) is 0 Å². The van der Waals surface area contributed by atoms with Gasteiger partial charge in [0.15, 0.2) is 0 Å². The van der Waals surface area contributed by atoms with E-state index in [-0.39, 0.29) is 5.54 Å². The van der Waals surface area contributed by atoms with Gasteiger partial charge in [0, 0.05) is 10.0 Å². The van der Waals surface area contributed by atoms with Crippen molar-refractivity contribution in [2.45, 2.75) is 38.1 Å². The third kappa shape index (κ3) is 2.46. The number of hydrogen-bond donors (Lipinski definition) is 2. The number of nitrogen functional groups attached to an aromatic ring is 1. The second-order valence-electron chi connectivity index (χ2n) is 4.62. The number of anilines is 2. The zero-order valence-electron chi connectivity index (χ0n) is 9.02. The first-order chi connectivity index (χ1) is 7.09. The highest BCUT2D eigenvalue weighted by Gasteiger charge is 2.28. The molecule has 0 atom stereocenters. The summed E-state index contributed by atoms with van der Waals surface area (Å²) in [4.78, 5) is 0. The van der Waals surface area contributed by atoms with Crippen molar-refractivity contribution in [2.75, 3.05) is 11.1 Å². The first kappa shape index (κ1) is 10.8. The Hall–Kier alpha value is -0.700. The van der Waals surface area contributed by atoms with Crippen LogP contribution in [0.15, 0.2) is 22.7 Å². The highest BCUT2D eigenvalue weighted by molar-refractivity contribution is 9.10. The second kappa shape index (κ2) is 4.05. The molecule has 2 nitrogen and oxygen atoms in total. The molecule has 0 bridgehead atoms. The minimum atomic E-state index is 0.238. The van der Waals surface area contributed by atoms with Gasteiger partial charge >= 0.3 is 0 Å². The van der Waals surface area contributed by atoms with E-state index in [0.29, 0.717) is 0 Å². The molecule has 0 spiro atoms. The van der Waals surface area contributed by atoms with Gasteiger partial charge in [0.05, 0.1) is 11.4 Å². The second-order valence-corrected chi connectivity index (χ2v) is 5.54. The molecule has 1 aromatic carbocycles. The van der Waals surface area contributed by atoms with Gasteiger partial charge in [0.25, 0.3) is 0 Å². The van der Waals surface area contributed by atoms with Crippen LogP contribution < -0.4 is 11.1 Å². The van der Waals surface area contributed by atoms with Gasteiger partial charge in [-0.2, -0.15) is 0 Å². The van der Waals surface area contributed by atoms with Crippen molar-refractivity contribution in [1.29, 1.82) is 0 Å². The minimum Gasteiger partial charge on any atom is -0.397 e. The molecule has 2 rings (SSSR count). The highest BCUT2D eigenvalue weighted by Crippen LogP contribution is 2.34.